The Morgan fingerprint density at radius 1 is 0.739 bits per heavy atom. The molecule has 0 atom stereocenters. The molecule has 2 aliphatic rings. The van der Waals surface area contributed by atoms with E-state index in [0.717, 1.165) is 18.4 Å². The first-order valence-electron chi connectivity index (χ1n) is 10.3. The fourth-order valence-electron chi connectivity index (χ4n) is 4.60. The van der Waals surface area contributed by atoms with Crippen molar-refractivity contribution in [3.63, 3.8) is 0 Å². The van der Waals surface area contributed by atoms with Crippen LogP contribution < -0.4 is 0 Å². The molecule has 3 heteroatoms. The maximum absolute atomic E-state index is 4.44. The normalized spacial score (nSPS) is 23.0. The molecule has 23 heavy (non-hydrogen) atoms. The van der Waals surface area contributed by atoms with Crippen LogP contribution in [0.3, 0.4) is 0 Å². The van der Waals surface area contributed by atoms with Crippen LogP contribution in [0, 0.1) is 11.8 Å². The molecule has 0 N–H and O–H groups in total. The molecule has 0 saturated heterocycles. The maximum atomic E-state index is 4.44. The van der Waals surface area contributed by atoms with Crippen molar-refractivity contribution >= 4 is 0 Å². The highest BCUT2D eigenvalue weighted by atomic mass is 15.4. The fraction of sp³-hybridized carbons (Fsp3) is 0.900. The Kier molecular flexibility index (Phi) is 6.97. The van der Waals surface area contributed by atoms with Gasteiger partial charge in [0.25, 0.3) is 0 Å². The Morgan fingerprint density at radius 3 is 1.87 bits per heavy atom. The molecule has 0 aromatic carbocycles. The maximum Gasteiger partial charge on any atom is 0.0725 e. The van der Waals surface area contributed by atoms with Gasteiger partial charge in [-0.05, 0) is 31.1 Å². The van der Waals surface area contributed by atoms with Crippen LogP contribution in [0.25, 0.3) is 0 Å². The van der Waals surface area contributed by atoms with Gasteiger partial charge in [0.05, 0.1) is 11.9 Å². The highest BCUT2D eigenvalue weighted by Crippen LogP contribution is 2.27. The molecule has 2 aliphatic carbocycles. The third kappa shape index (κ3) is 5.61. The topological polar surface area (TPSA) is 30.7 Å². The predicted molar refractivity (Wildman–Crippen MR) is 95.3 cm³/mol. The Hall–Kier alpha value is -0.860. The van der Waals surface area contributed by atoms with Gasteiger partial charge in [-0.3, -0.25) is 0 Å². The first-order valence-corrected chi connectivity index (χ1v) is 10.3. The standard InChI is InChI=1S/C20H35N3/c1-2-4-10-14-19(13-9-3-1)17-23-20(16-21-22-23)15-18-11-7-5-6-8-12-18/h16,18-19H,1-15,17H2. The lowest BCUT2D eigenvalue weighted by Gasteiger charge is -2.19. The quantitative estimate of drug-likeness (QED) is 0.682. The van der Waals surface area contributed by atoms with E-state index in [4.69, 9.17) is 0 Å². The van der Waals surface area contributed by atoms with Gasteiger partial charge in [0, 0.05) is 6.54 Å². The van der Waals surface area contributed by atoms with Crippen molar-refractivity contribution in [1.82, 2.24) is 15.0 Å². The number of rotatable bonds is 4. The molecule has 130 valence electrons. The van der Waals surface area contributed by atoms with Gasteiger partial charge in [-0.25, -0.2) is 4.68 Å². The zero-order chi connectivity index (χ0) is 15.7. The molecule has 0 amide bonds. The van der Waals surface area contributed by atoms with Gasteiger partial charge in [0.2, 0.25) is 0 Å². The number of nitrogens with zero attached hydrogens (tertiary/aromatic N) is 3. The molecule has 1 heterocycles. The van der Waals surface area contributed by atoms with E-state index in [1.807, 2.05) is 6.20 Å². The highest BCUT2D eigenvalue weighted by Gasteiger charge is 2.18. The van der Waals surface area contributed by atoms with Crippen LogP contribution in [0.2, 0.25) is 0 Å². The third-order valence-corrected chi connectivity index (χ3v) is 6.08. The predicted octanol–water partition coefficient (Wildman–Crippen LogP) is 5.54. The Balaban J connectivity index is 1.56. The minimum Gasteiger partial charge on any atom is -0.249 e. The molecule has 0 radical (unpaired) electrons. The van der Waals surface area contributed by atoms with E-state index in [1.54, 1.807) is 0 Å². The molecule has 0 spiro atoms. The summed E-state index contributed by atoms with van der Waals surface area (Å²) in [6.07, 6.45) is 23.2. The van der Waals surface area contributed by atoms with E-state index in [-0.39, 0.29) is 0 Å². The van der Waals surface area contributed by atoms with E-state index in [1.165, 1.54) is 102 Å². The summed E-state index contributed by atoms with van der Waals surface area (Å²) in [6.45, 7) is 1.11. The second-order valence-electron chi connectivity index (χ2n) is 8.03. The minimum absolute atomic E-state index is 0.822. The van der Waals surface area contributed by atoms with Gasteiger partial charge in [0.1, 0.15) is 0 Å². The summed E-state index contributed by atoms with van der Waals surface area (Å²) in [7, 11) is 0. The van der Waals surface area contributed by atoms with Crippen LogP contribution in [-0.2, 0) is 13.0 Å². The minimum atomic E-state index is 0.822. The van der Waals surface area contributed by atoms with Crippen LogP contribution in [0.1, 0.15) is 95.6 Å². The Labute approximate surface area is 142 Å². The summed E-state index contributed by atoms with van der Waals surface area (Å²) in [5.41, 5.74) is 1.40. The second-order valence-corrected chi connectivity index (χ2v) is 8.03. The summed E-state index contributed by atoms with van der Waals surface area (Å²) >= 11 is 0. The molecular formula is C20H35N3. The summed E-state index contributed by atoms with van der Waals surface area (Å²) < 4.78 is 2.26. The van der Waals surface area contributed by atoms with Crippen LogP contribution in [0.5, 0.6) is 0 Å². The second kappa shape index (κ2) is 9.44. The lowest BCUT2D eigenvalue weighted by atomic mass is 9.94. The molecule has 1 aromatic heterocycles. The average molecular weight is 318 g/mol. The molecule has 2 saturated carbocycles. The highest BCUT2D eigenvalue weighted by molar-refractivity contribution is 4.96. The van der Waals surface area contributed by atoms with Crippen molar-refractivity contribution in [3.05, 3.63) is 11.9 Å². The van der Waals surface area contributed by atoms with Crippen molar-refractivity contribution in [2.24, 2.45) is 11.8 Å². The summed E-state index contributed by atoms with van der Waals surface area (Å²) in [6, 6.07) is 0. The van der Waals surface area contributed by atoms with Gasteiger partial charge in [-0.2, -0.15) is 0 Å². The van der Waals surface area contributed by atoms with Crippen LogP contribution in [-0.4, -0.2) is 15.0 Å². The van der Waals surface area contributed by atoms with Gasteiger partial charge >= 0.3 is 0 Å². The van der Waals surface area contributed by atoms with Crippen molar-refractivity contribution < 1.29 is 0 Å². The summed E-state index contributed by atoms with van der Waals surface area (Å²) in [4.78, 5) is 0. The van der Waals surface area contributed by atoms with Crippen molar-refractivity contribution in [1.29, 1.82) is 0 Å². The molecule has 0 bridgehead atoms. The lowest BCUT2D eigenvalue weighted by Crippen LogP contribution is -2.16. The van der Waals surface area contributed by atoms with Gasteiger partial charge in [-0.15, -0.1) is 5.10 Å². The fourth-order valence-corrected chi connectivity index (χ4v) is 4.60. The molecule has 3 rings (SSSR count). The molecule has 1 aromatic rings. The van der Waals surface area contributed by atoms with E-state index >= 15 is 0 Å². The number of aromatic nitrogens is 3. The van der Waals surface area contributed by atoms with E-state index in [0.29, 0.717) is 0 Å². The monoisotopic (exact) mass is 317 g/mol. The van der Waals surface area contributed by atoms with Crippen LogP contribution in [0.15, 0.2) is 6.20 Å². The van der Waals surface area contributed by atoms with Gasteiger partial charge in [-0.1, -0.05) is 82.3 Å². The van der Waals surface area contributed by atoms with Crippen molar-refractivity contribution in [3.8, 4) is 0 Å². The molecule has 2 fully saturated rings. The zero-order valence-electron chi connectivity index (χ0n) is 14.9. The van der Waals surface area contributed by atoms with E-state index in [2.05, 4.69) is 15.0 Å². The van der Waals surface area contributed by atoms with Gasteiger partial charge in [0.15, 0.2) is 0 Å². The van der Waals surface area contributed by atoms with Crippen LogP contribution >= 0.6 is 0 Å². The molecular weight excluding hydrogens is 282 g/mol. The first kappa shape index (κ1) is 17.0. The van der Waals surface area contributed by atoms with E-state index in [9.17, 15) is 0 Å². The summed E-state index contributed by atoms with van der Waals surface area (Å²) in [5, 5.41) is 8.69. The lowest BCUT2D eigenvalue weighted by molar-refractivity contribution is 0.340. The summed E-state index contributed by atoms with van der Waals surface area (Å²) in [5.74, 6) is 1.69. The number of hydrogen-bond acceptors (Lipinski definition) is 2. The Bertz CT molecular complexity index is 422. The number of hydrogen-bond donors (Lipinski definition) is 0. The van der Waals surface area contributed by atoms with Gasteiger partial charge < -0.3 is 0 Å². The Morgan fingerprint density at radius 2 is 1.26 bits per heavy atom. The zero-order valence-corrected chi connectivity index (χ0v) is 14.9. The third-order valence-electron chi connectivity index (χ3n) is 6.08. The molecule has 3 nitrogen and oxygen atoms in total. The SMILES string of the molecule is c1nnn(CC2CCCCCCCC2)c1CC1CCCCCC1. The smallest absolute Gasteiger partial charge is 0.0725 e. The largest absolute Gasteiger partial charge is 0.249 e. The van der Waals surface area contributed by atoms with E-state index < -0.39 is 0 Å². The molecule has 0 aliphatic heterocycles. The average Bonchev–Trinajstić information content (AvgIpc) is 2.88. The molecule has 0 unspecified atom stereocenters. The van der Waals surface area contributed by atoms with Crippen LogP contribution in [0.4, 0.5) is 0 Å². The van der Waals surface area contributed by atoms with Crippen molar-refractivity contribution in [2.75, 3.05) is 0 Å². The first-order chi connectivity index (χ1) is 11.4. The van der Waals surface area contributed by atoms with Crippen molar-refractivity contribution in [2.45, 2.75) is 103 Å².